The number of nitrogens with zero attached hydrogens (tertiary/aromatic N) is 6. The van der Waals surface area contributed by atoms with E-state index in [1.54, 1.807) is 0 Å². The van der Waals surface area contributed by atoms with Crippen molar-refractivity contribution in [2.75, 3.05) is 11.4 Å². The minimum atomic E-state index is 0.612. The summed E-state index contributed by atoms with van der Waals surface area (Å²) in [4.78, 5) is 2.27. The first-order valence-electron chi connectivity index (χ1n) is 6.82. The number of hydrogen-bond acceptors (Lipinski definition) is 5. The lowest BCUT2D eigenvalue weighted by atomic mass is 10.1. The van der Waals surface area contributed by atoms with Crippen LogP contribution >= 0.6 is 0 Å². The molecule has 0 bridgehead atoms. The maximum absolute atomic E-state index is 4.23. The summed E-state index contributed by atoms with van der Waals surface area (Å²) in [7, 11) is 1.92. The number of rotatable bonds is 5. The first-order valence-corrected chi connectivity index (χ1v) is 6.82. The topological polar surface area (TPSA) is 75.5 Å². The molecule has 0 unspecified atom stereocenters. The molecule has 1 aromatic carbocycles. The van der Waals surface area contributed by atoms with Gasteiger partial charge in [-0.3, -0.25) is 4.68 Å². The molecule has 7 heteroatoms. The van der Waals surface area contributed by atoms with Crippen LogP contribution in [0.15, 0.2) is 36.7 Å². The van der Waals surface area contributed by atoms with Crippen LogP contribution in [0, 0.1) is 0 Å². The van der Waals surface area contributed by atoms with Crippen molar-refractivity contribution >= 4 is 5.69 Å². The van der Waals surface area contributed by atoms with Crippen molar-refractivity contribution in [3.05, 3.63) is 42.2 Å². The van der Waals surface area contributed by atoms with Gasteiger partial charge >= 0.3 is 0 Å². The van der Waals surface area contributed by atoms with Crippen LogP contribution in [0.3, 0.4) is 0 Å². The summed E-state index contributed by atoms with van der Waals surface area (Å²) in [6.45, 7) is 3.86. The lowest BCUT2D eigenvalue weighted by Crippen LogP contribution is -2.21. The fraction of sp³-hybridized carbons (Fsp3) is 0.286. The zero-order valence-corrected chi connectivity index (χ0v) is 12.1. The van der Waals surface area contributed by atoms with Crippen LogP contribution in [0.4, 0.5) is 5.69 Å². The number of anilines is 1. The van der Waals surface area contributed by atoms with Gasteiger partial charge in [-0.2, -0.15) is 10.3 Å². The van der Waals surface area contributed by atoms with E-state index in [1.807, 2.05) is 36.3 Å². The Hall–Kier alpha value is -2.70. The van der Waals surface area contributed by atoms with E-state index in [4.69, 9.17) is 0 Å². The van der Waals surface area contributed by atoms with Gasteiger partial charge in [0.05, 0.1) is 11.9 Å². The van der Waals surface area contributed by atoms with E-state index in [0.29, 0.717) is 5.82 Å². The number of H-pyrrole nitrogens is 1. The fourth-order valence-corrected chi connectivity index (χ4v) is 2.27. The van der Waals surface area contributed by atoms with Crippen molar-refractivity contribution in [2.45, 2.75) is 13.5 Å². The Bertz CT molecular complexity index is 702. The average Bonchev–Trinajstić information content (AvgIpc) is 3.16. The number of aryl methyl sites for hydroxylation is 1. The lowest BCUT2D eigenvalue weighted by Gasteiger charge is -2.21. The molecule has 3 aromatic rings. The van der Waals surface area contributed by atoms with Crippen molar-refractivity contribution in [1.29, 1.82) is 0 Å². The third kappa shape index (κ3) is 2.91. The van der Waals surface area contributed by atoms with Crippen LogP contribution in [-0.4, -0.2) is 36.9 Å². The third-order valence-electron chi connectivity index (χ3n) is 3.34. The van der Waals surface area contributed by atoms with Crippen LogP contribution in [0.5, 0.6) is 0 Å². The molecule has 21 heavy (non-hydrogen) atoms. The van der Waals surface area contributed by atoms with E-state index in [1.165, 1.54) is 5.56 Å². The Labute approximate surface area is 122 Å². The molecule has 7 nitrogen and oxygen atoms in total. The zero-order chi connectivity index (χ0) is 14.7. The number of benzene rings is 1. The van der Waals surface area contributed by atoms with Gasteiger partial charge in [-0.25, -0.2) is 0 Å². The number of nitrogens with one attached hydrogen (secondary N) is 1. The normalized spacial score (nSPS) is 10.8. The molecule has 0 aliphatic rings. The smallest absolute Gasteiger partial charge is 0.204 e. The summed E-state index contributed by atoms with van der Waals surface area (Å²) in [5, 5.41) is 18.3. The molecular weight excluding hydrogens is 266 g/mol. The summed E-state index contributed by atoms with van der Waals surface area (Å²) >= 11 is 0. The molecule has 0 spiro atoms. The van der Waals surface area contributed by atoms with Gasteiger partial charge in [-0.05, 0) is 23.8 Å². The highest BCUT2D eigenvalue weighted by Gasteiger charge is 2.09. The second-order valence-electron chi connectivity index (χ2n) is 4.82. The Morgan fingerprint density at radius 3 is 2.90 bits per heavy atom. The molecule has 0 amide bonds. The van der Waals surface area contributed by atoms with Crippen molar-refractivity contribution in [3.8, 4) is 11.4 Å². The second kappa shape index (κ2) is 5.74. The van der Waals surface area contributed by atoms with Gasteiger partial charge in [0.2, 0.25) is 5.82 Å². The number of hydrogen-bond donors (Lipinski definition) is 1. The Balaban J connectivity index is 1.82. The molecule has 1 N–H and O–H groups in total. The molecule has 0 aliphatic heterocycles. The second-order valence-corrected chi connectivity index (χ2v) is 4.82. The first-order chi connectivity index (χ1) is 10.3. The summed E-state index contributed by atoms with van der Waals surface area (Å²) in [5.41, 5.74) is 3.27. The van der Waals surface area contributed by atoms with Crippen molar-refractivity contribution in [2.24, 2.45) is 7.05 Å². The molecule has 2 aromatic heterocycles. The van der Waals surface area contributed by atoms with Crippen LogP contribution in [0.1, 0.15) is 12.5 Å². The van der Waals surface area contributed by atoms with Gasteiger partial charge in [-0.15, -0.1) is 10.2 Å². The van der Waals surface area contributed by atoms with E-state index in [9.17, 15) is 0 Å². The quantitative estimate of drug-likeness (QED) is 0.770. The Morgan fingerprint density at radius 1 is 1.33 bits per heavy atom. The van der Waals surface area contributed by atoms with Gasteiger partial charge in [0.15, 0.2) is 0 Å². The molecule has 3 rings (SSSR count). The predicted octanol–water partition coefficient (Wildman–Crippen LogP) is 1.63. The summed E-state index contributed by atoms with van der Waals surface area (Å²) in [6, 6.07) is 8.18. The highest BCUT2D eigenvalue weighted by molar-refractivity contribution is 5.55. The van der Waals surface area contributed by atoms with Crippen molar-refractivity contribution in [3.63, 3.8) is 0 Å². The molecule has 2 heterocycles. The Morgan fingerprint density at radius 2 is 2.24 bits per heavy atom. The molecule has 0 aliphatic carbocycles. The molecule has 0 radical (unpaired) electrons. The number of tetrazole rings is 1. The zero-order valence-electron chi connectivity index (χ0n) is 12.1. The standard InChI is InChI=1S/C14H17N7/c1-3-21(13-8-15-20(2)10-13)9-11-5-4-6-12(7-11)14-16-18-19-17-14/h4-8,10H,3,9H2,1-2H3,(H,16,17,18,19). The van der Waals surface area contributed by atoms with Gasteiger partial charge in [0, 0.05) is 31.9 Å². The minimum absolute atomic E-state index is 0.612. The lowest BCUT2D eigenvalue weighted by molar-refractivity contribution is 0.766. The largest absolute Gasteiger partial charge is 0.365 e. The van der Waals surface area contributed by atoms with Gasteiger partial charge in [0.1, 0.15) is 0 Å². The summed E-state index contributed by atoms with van der Waals surface area (Å²) in [5.74, 6) is 0.612. The fourth-order valence-electron chi connectivity index (χ4n) is 2.27. The molecule has 0 saturated heterocycles. The minimum Gasteiger partial charge on any atom is -0.365 e. The molecule has 108 valence electrons. The molecule has 0 atom stereocenters. The van der Waals surface area contributed by atoms with E-state index in [-0.39, 0.29) is 0 Å². The molecule has 0 saturated carbocycles. The van der Waals surface area contributed by atoms with E-state index < -0.39 is 0 Å². The van der Waals surface area contributed by atoms with E-state index >= 15 is 0 Å². The summed E-state index contributed by atoms with van der Waals surface area (Å²) < 4.78 is 1.81. The van der Waals surface area contributed by atoms with Crippen LogP contribution in [0.2, 0.25) is 0 Å². The molecule has 0 fully saturated rings. The SMILES string of the molecule is CCN(Cc1cccc(-c2nn[nH]n2)c1)c1cnn(C)c1. The number of aromatic nitrogens is 6. The van der Waals surface area contributed by atoms with Crippen molar-refractivity contribution < 1.29 is 0 Å². The highest BCUT2D eigenvalue weighted by atomic mass is 15.5. The van der Waals surface area contributed by atoms with Gasteiger partial charge < -0.3 is 4.90 Å². The third-order valence-corrected chi connectivity index (χ3v) is 3.34. The predicted molar refractivity (Wildman–Crippen MR) is 79.5 cm³/mol. The van der Waals surface area contributed by atoms with Crippen LogP contribution in [-0.2, 0) is 13.6 Å². The number of aromatic amines is 1. The average molecular weight is 283 g/mol. The highest BCUT2D eigenvalue weighted by Crippen LogP contribution is 2.19. The van der Waals surface area contributed by atoms with Crippen molar-refractivity contribution in [1.82, 2.24) is 30.4 Å². The van der Waals surface area contributed by atoms with Crippen LogP contribution in [0.25, 0.3) is 11.4 Å². The van der Waals surface area contributed by atoms with E-state index in [0.717, 1.165) is 24.3 Å². The maximum atomic E-state index is 4.23. The summed E-state index contributed by atoms with van der Waals surface area (Å²) in [6.07, 6.45) is 3.90. The van der Waals surface area contributed by atoms with Gasteiger partial charge in [0.25, 0.3) is 0 Å². The molecular formula is C14H17N7. The first kappa shape index (κ1) is 13.3. The maximum Gasteiger partial charge on any atom is 0.204 e. The van der Waals surface area contributed by atoms with Crippen LogP contribution < -0.4 is 4.90 Å². The Kier molecular flexibility index (Phi) is 3.63. The van der Waals surface area contributed by atoms with E-state index in [2.05, 4.69) is 49.7 Å². The van der Waals surface area contributed by atoms with Gasteiger partial charge in [-0.1, -0.05) is 18.2 Å². The monoisotopic (exact) mass is 283 g/mol.